The highest BCUT2D eigenvalue weighted by molar-refractivity contribution is 6.39. The SMILES string of the molecule is CC(=O)NCCNCC(=O)Nc1c(Cl)cccc1Cl. The highest BCUT2D eigenvalue weighted by Gasteiger charge is 2.08. The molecule has 1 rings (SSSR count). The molecule has 0 saturated carbocycles. The molecule has 5 nitrogen and oxygen atoms in total. The van der Waals surface area contributed by atoms with Gasteiger partial charge < -0.3 is 16.0 Å². The summed E-state index contributed by atoms with van der Waals surface area (Å²) in [5, 5.41) is 8.90. The maximum atomic E-state index is 11.6. The first-order valence-electron chi connectivity index (χ1n) is 5.69. The molecule has 0 aliphatic heterocycles. The van der Waals surface area contributed by atoms with Crippen LogP contribution >= 0.6 is 23.2 Å². The smallest absolute Gasteiger partial charge is 0.238 e. The van der Waals surface area contributed by atoms with Crippen LogP contribution in [0.2, 0.25) is 10.0 Å². The van der Waals surface area contributed by atoms with Crippen molar-refractivity contribution in [3.05, 3.63) is 28.2 Å². The summed E-state index contributed by atoms with van der Waals surface area (Å²) < 4.78 is 0. The van der Waals surface area contributed by atoms with E-state index in [-0.39, 0.29) is 18.4 Å². The van der Waals surface area contributed by atoms with Crippen LogP contribution in [0.5, 0.6) is 0 Å². The van der Waals surface area contributed by atoms with Gasteiger partial charge in [-0.05, 0) is 12.1 Å². The Morgan fingerprint density at radius 1 is 1.16 bits per heavy atom. The molecule has 0 aliphatic rings. The summed E-state index contributed by atoms with van der Waals surface area (Å²) in [6.07, 6.45) is 0. The van der Waals surface area contributed by atoms with E-state index >= 15 is 0 Å². The maximum absolute atomic E-state index is 11.6. The summed E-state index contributed by atoms with van der Waals surface area (Å²) in [4.78, 5) is 22.2. The molecule has 0 saturated heterocycles. The highest BCUT2D eigenvalue weighted by Crippen LogP contribution is 2.29. The first-order chi connectivity index (χ1) is 9.00. The topological polar surface area (TPSA) is 70.2 Å². The molecule has 19 heavy (non-hydrogen) atoms. The van der Waals surface area contributed by atoms with Gasteiger partial charge in [0.25, 0.3) is 0 Å². The lowest BCUT2D eigenvalue weighted by Crippen LogP contribution is -2.34. The van der Waals surface area contributed by atoms with Crippen LogP contribution in [0.3, 0.4) is 0 Å². The van der Waals surface area contributed by atoms with Crippen molar-refractivity contribution in [1.82, 2.24) is 10.6 Å². The number of rotatable bonds is 6. The standard InChI is InChI=1S/C12H15Cl2N3O2/c1-8(18)16-6-5-15-7-11(19)17-12-9(13)3-2-4-10(12)14/h2-4,15H,5-7H2,1H3,(H,16,18)(H,17,19). The molecule has 0 atom stereocenters. The molecule has 0 heterocycles. The van der Waals surface area contributed by atoms with Gasteiger partial charge >= 0.3 is 0 Å². The number of amides is 2. The van der Waals surface area contributed by atoms with Gasteiger partial charge in [0, 0.05) is 20.0 Å². The van der Waals surface area contributed by atoms with Crippen molar-refractivity contribution in [3.63, 3.8) is 0 Å². The van der Waals surface area contributed by atoms with E-state index < -0.39 is 0 Å². The van der Waals surface area contributed by atoms with E-state index in [4.69, 9.17) is 23.2 Å². The molecule has 3 N–H and O–H groups in total. The lowest BCUT2D eigenvalue weighted by Gasteiger charge is -2.09. The van der Waals surface area contributed by atoms with Gasteiger partial charge in [0.05, 0.1) is 22.3 Å². The molecule has 7 heteroatoms. The van der Waals surface area contributed by atoms with E-state index in [0.717, 1.165) is 0 Å². The van der Waals surface area contributed by atoms with Crippen molar-refractivity contribution >= 4 is 40.7 Å². The van der Waals surface area contributed by atoms with Crippen molar-refractivity contribution < 1.29 is 9.59 Å². The summed E-state index contributed by atoms with van der Waals surface area (Å²) in [6, 6.07) is 4.99. The molecular weight excluding hydrogens is 289 g/mol. The number of carbonyl (C=O) groups is 2. The number of nitrogens with one attached hydrogen (secondary N) is 3. The summed E-state index contributed by atoms with van der Waals surface area (Å²) in [5.41, 5.74) is 0.402. The largest absolute Gasteiger partial charge is 0.355 e. The van der Waals surface area contributed by atoms with Crippen LogP contribution in [-0.4, -0.2) is 31.4 Å². The number of hydrogen-bond donors (Lipinski definition) is 3. The Hall–Kier alpha value is -1.30. The van der Waals surface area contributed by atoms with E-state index in [2.05, 4.69) is 16.0 Å². The lowest BCUT2D eigenvalue weighted by atomic mass is 10.3. The molecule has 0 aliphatic carbocycles. The van der Waals surface area contributed by atoms with Crippen LogP contribution in [0, 0.1) is 0 Å². The Morgan fingerprint density at radius 3 is 2.37 bits per heavy atom. The van der Waals surface area contributed by atoms with Crippen molar-refractivity contribution in [2.24, 2.45) is 0 Å². The molecule has 0 radical (unpaired) electrons. The van der Waals surface area contributed by atoms with Crippen LogP contribution in [0.25, 0.3) is 0 Å². The van der Waals surface area contributed by atoms with Gasteiger partial charge in [-0.1, -0.05) is 29.3 Å². The van der Waals surface area contributed by atoms with Gasteiger partial charge in [-0.3, -0.25) is 9.59 Å². The minimum absolute atomic E-state index is 0.103. The first kappa shape index (κ1) is 15.8. The number of hydrogen-bond acceptors (Lipinski definition) is 3. The normalized spacial score (nSPS) is 10.1. The second-order valence-electron chi connectivity index (χ2n) is 3.80. The molecular formula is C12H15Cl2N3O2. The molecule has 104 valence electrons. The van der Waals surface area contributed by atoms with Crippen LogP contribution in [0.15, 0.2) is 18.2 Å². The summed E-state index contributed by atoms with van der Waals surface area (Å²) in [5.74, 6) is -0.355. The average molecular weight is 304 g/mol. The second kappa shape index (κ2) is 7.99. The van der Waals surface area contributed by atoms with Gasteiger partial charge in [0.15, 0.2) is 0 Å². The fourth-order valence-corrected chi connectivity index (χ4v) is 1.82. The average Bonchev–Trinajstić information content (AvgIpc) is 2.33. The Morgan fingerprint density at radius 2 is 1.79 bits per heavy atom. The number of para-hydroxylation sites is 1. The summed E-state index contributed by atoms with van der Waals surface area (Å²) in [7, 11) is 0. The predicted molar refractivity (Wildman–Crippen MR) is 76.6 cm³/mol. The molecule has 0 unspecified atom stereocenters. The zero-order chi connectivity index (χ0) is 14.3. The zero-order valence-electron chi connectivity index (χ0n) is 10.4. The molecule has 1 aromatic carbocycles. The van der Waals surface area contributed by atoms with E-state index in [1.807, 2.05) is 0 Å². The van der Waals surface area contributed by atoms with Crippen molar-refractivity contribution in [2.45, 2.75) is 6.92 Å². The third kappa shape index (κ3) is 5.92. The van der Waals surface area contributed by atoms with Crippen molar-refractivity contribution in [2.75, 3.05) is 25.0 Å². The quantitative estimate of drug-likeness (QED) is 0.700. The molecule has 0 spiro atoms. The minimum atomic E-state index is -0.252. The Balaban J connectivity index is 2.33. The van der Waals surface area contributed by atoms with Gasteiger partial charge in [0.2, 0.25) is 11.8 Å². The van der Waals surface area contributed by atoms with E-state index in [1.54, 1.807) is 18.2 Å². The summed E-state index contributed by atoms with van der Waals surface area (Å²) >= 11 is 11.9. The molecule has 1 aromatic rings. The highest BCUT2D eigenvalue weighted by atomic mass is 35.5. The predicted octanol–water partition coefficient (Wildman–Crippen LogP) is 1.66. The van der Waals surface area contributed by atoms with Crippen LogP contribution < -0.4 is 16.0 Å². The van der Waals surface area contributed by atoms with E-state index in [1.165, 1.54) is 6.92 Å². The van der Waals surface area contributed by atoms with Crippen molar-refractivity contribution in [3.8, 4) is 0 Å². The number of benzene rings is 1. The fourth-order valence-electron chi connectivity index (χ4n) is 1.33. The molecule has 0 aromatic heterocycles. The van der Waals surface area contributed by atoms with Gasteiger partial charge in [-0.25, -0.2) is 0 Å². The Bertz CT molecular complexity index is 446. The van der Waals surface area contributed by atoms with Crippen LogP contribution in [0.1, 0.15) is 6.92 Å². The zero-order valence-corrected chi connectivity index (χ0v) is 11.9. The van der Waals surface area contributed by atoms with Crippen LogP contribution in [-0.2, 0) is 9.59 Å². The third-order valence-corrected chi connectivity index (χ3v) is 2.82. The molecule has 0 fully saturated rings. The Kier molecular flexibility index (Phi) is 6.62. The first-order valence-corrected chi connectivity index (χ1v) is 6.45. The number of anilines is 1. The second-order valence-corrected chi connectivity index (χ2v) is 4.62. The summed E-state index contributed by atoms with van der Waals surface area (Å²) in [6.45, 7) is 2.52. The monoisotopic (exact) mass is 303 g/mol. The lowest BCUT2D eigenvalue weighted by molar-refractivity contribution is -0.118. The number of carbonyl (C=O) groups excluding carboxylic acids is 2. The third-order valence-electron chi connectivity index (χ3n) is 2.19. The molecule has 2 amide bonds. The van der Waals surface area contributed by atoms with Crippen molar-refractivity contribution in [1.29, 1.82) is 0 Å². The van der Waals surface area contributed by atoms with Gasteiger partial charge in [0.1, 0.15) is 0 Å². The Labute approximate surface area is 121 Å². The van der Waals surface area contributed by atoms with E-state index in [9.17, 15) is 9.59 Å². The van der Waals surface area contributed by atoms with Gasteiger partial charge in [-0.15, -0.1) is 0 Å². The van der Waals surface area contributed by atoms with Gasteiger partial charge in [-0.2, -0.15) is 0 Å². The number of halogens is 2. The minimum Gasteiger partial charge on any atom is -0.355 e. The molecule has 0 bridgehead atoms. The fraction of sp³-hybridized carbons (Fsp3) is 0.333. The maximum Gasteiger partial charge on any atom is 0.238 e. The van der Waals surface area contributed by atoms with Crippen LogP contribution in [0.4, 0.5) is 5.69 Å². The van der Waals surface area contributed by atoms with E-state index in [0.29, 0.717) is 28.8 Å².